The van der Waals surface area contributed by atoms with E-state index in [1.54, 1.807) is 0 Å². The molecule has 0 bridgehead atoms. The molecule has 88 valence electrons. The van der Waals surface area contributed by atoms with Gasteiger partial charge in [-0.05, 0) is 18.8 Å². The van der Waals surface area contributed by atoms with E-state index in [-0.39, 0.29) is 6.04 Å². The first-order valence-electron chi connectivity index (χ1n) is 4.99. The molecule has 0 spiro atoms. The third-order valence-electron chi connectivity index (χ3n) is 2.54. The number of nitrogens with two attached hydrogens (primary N) is 1. The Labute approximate surface area is 86.2 Å². The van der Waals surface area contributed by atoms with Crippen LogP contribution in [0.2, 0.25) is 0 Å². The van der Waals surface area contributed by atoms with Crippen molar-refractivity contribution < 1.29 is 18.0 Å². The number of alkyl halides is 3. The fourth-order valence-corrected chi connectivity index (χ4v) is 1.54. The second-order valence-electron chi connectivity index (χ2n) is 3.92. The molecule has 1 aliphatic rings. The highest BCUT2D eigenvalue weighted by Gasteiger charge is 2.45. The van der Waals surface area contributed by atoms with Gasteiger partial charge >= 0.3 is 6.18 Å². The Hall–Kier alpha value is -0.780. The molecule has 1 aliphatic carbocycles. The summed E-state index contributed by atoms with van der Waals surface area (Å²) in [6, 6.07) is -2.51. The van der Waals surface area contributed by atoms with Crippen LogP contribution in [0.4, 0.5) is 13.2 Å². The standard InChI is InChI=1S/C9H15F3N2O/c1-2-3-5-4-6(5)14-8(15)7(13)9(10,11)12/h5-7H,2-4,13H2,1H3,(H,14,15). The fraction of sp³-hybridized carbons (Fsp3) is 0.889. The predicted octanol–water partition coefficient (Wildman–Crippen LogP) is 1.18. The molecule has 3 N–H and O–H groups in total. The number of amides is 1. The van der Waals surface area contributed by atoms with E-state index in [0.29, 0.717) is 5.92 Å². The van der Waals surface area contributed by atoms with Crippen molar-refractivity contribution in [3.8, 4) is 0 Å². The van der Waals surface area contributed by atoms with Gasteiger partial charge < -0.3 is 11.1 Å². The first-order valence-corrected chi connectivity index (χ1v) is 4.99. The van der Waals surface area contributed by atoms with Gasteiger partial charge in [0, 0.05) is 6.04 Å². The van der Waals surface area contributed by atoms with E-state index in [1.165, 1.54) is 0 Å². The SMILES string of the molecule is CCCC1CC1NC(=O)C(N)C(F)(F)F. The van der Waals surface area contributed by atoms with Gasteiger partial charge in [-0.15, -0.1) is 0 Å². The average Bonchev–Trinajstić information content (AvgIpc) is 2.81. The van der Waals surface area contributed by atoms with Gasteiger partial charge in [-0.3, -0.25) is 4.79 Å². The van der Waals surface area contributed by atoms with Gasteiger partial charge in [-0.2, -0.15) is 13.2 Å². The molecule has 0 aromatic rings. The van der Waals surface area contributed by atoms with Crippen LogP contribution in [0.5, 0.6) is 0 Å². The van der Waals surface area contributed by atoms with Crippen LogP contribution in [0, 0.1) is 5.92 Å². The van der Waals surface area contributed by atoms with Gasteiger partial charge in [0.15, 0.2) is 6.04 Å². The molecule has 3 unspecified atom stereocenters. The first-order chi connectivity index (χ1) is 6.86. The van der Waals surface area contributed by atoms with E-state index in [1.807, 2.05) is 6.92 Å². The molecular weight excluding hydrogens is 209 g/mol. The van der Waals surface area contributed by atoms with Crippen molar-refractivity contribution in [2.75, 3.05) is 0 Å². The van der Waals surface area contributed by atoms with E-state index in [9.17, 15) is 18.0 Å². The van der Waals surface area contributed by atoms with Gasteiger partial charge in [-0.1, -0.05) is 13.3 Å². The van der Waals surface area contributed by atoms with Crippen molar-refractivity contribution in [1.82, 2.24) is 5.32 Å². The highest BCUT2D eigenvalue weighted by Crippen LogP contribution is 2.34. The maximum absolute atomic E-state index is 12.0. The quantitative estimate of drug-likeness (QED) is 0.753. The smallest absolute Gasteiger partial charge is 0.351 e. The highest BCUT2D eigenvalue weighted by molar-refractivity contribution is 5.82. The summed E-state index contributed by atoms with van der Waals surface area (Å²) in [5.41, 5.74) is 4.75. The van der Waals surface area contributed by atoms with Gasteiger partial charge in [0.05, 0.1) is 0 Å². The van der Waals surface area contributed by atoms with Crippen LogP contribution in [0.3, 0.4) is 0 Å². The Bertz CT molecular complexity index is 242. The van der Waals surface area contributed by atoms with Crippen LogP contribution in [0.25, 0.3) is 0 Å². The summed E-state index contributed by atoms with van der Waals surface area (Å²) in [4.78, 5) is 11.0. The third kappa shape index (κ3) is 3.37. The summed E-state index contributed by atoms with van der Waals surface area (Å²) in [6.45, 7) is 2.00. The van der Waals surface area contributed by atoms with Crippen LogP contribution >= 0.6 is 0 Å². The number of hydrogen-bond acceptors (Lipinski definition) is 2. The van der Waals surface area contributed by atoms with Crippen LogP contribution in [0.1, 0.15) is 26.2 Å². The summed E-state index contributed by atoms with van der Waals surface area (Å²) in [7, 11) is 0. The van der Waals surface area contributed by atoms with E-state index < -0.39 is 18.1 Å². The molecule has 1 amide bonds. The normalized spacial score (nSPS) is 27.3. The van der Waals surface area contributed by atoms with E-state index in [4.69, 9.17) is 5.73 Å². The molecule has 0 aliphatic heterocycles. The summed E-state index contributed by atoms with van der Waals surface area (Å²) < 4.78 is 36.1. The largest absolute Gasteiger partial charge is 0.412 e. The predicted molar refractivity (Wildman–Crippen MR) is 49.0 cm³/mol. The topological polar surface area (TPSA) is 55.1 Å². The first kappa shape index (κ1) is 12.3. The monoisotopic (exact) mass is 224 g/mol. The van der Waals surface area contributed by atoms with Gasteiger partial charge in [0.25, 0.3) is 0 Å². The van der Waals surface area contributed by atoms with Gasteiger partial charge in [0.2, 0.25) is 5.91 Å². The lowest BCUT2D eigenvalue weighted by atomic mass is 10.2. The lowest BCUT2D eigenvalue weighted by molar-refractivity contribution is -0.162. The Balaban J connectivity index is 2.32. The lowest BCUT2D eigenvalue weighted by Gasteiger charge is -2.15. The van der Waals surface area contributed by atoms with Crippen LogP contribution in [0.15, 0.2) is 0 Å². The molecule has 3 atom stereocenters. The number of rotatable bonds is 4. The van der Waals surface area contributed by atoms with Crippen molar-refractivity contribution >= 4 is 5.91 Å². The van der Waals surface area contributed by atoms with E-state index in [0.717, 1.165) is 19.3 Å². The Morgan fingerprint density at radius 2 is 2.20 bits per heavy atom. The van der Waals surface area contributed by atoms with Gasteiger partial charge in [-0.25, -0.2) is 0 Å². The molecule has 0 aromatic heterocycles. The molecule has 15 heavy (non-hydrogen) atoms. The number of halogens is 3. The Morgan fingerprint density at radius 1 is 1.60 bits per heavy atom. The Kier molecular flexibility index (Phi) is 3.59. The summed E-state index contributed by atoms with van der Waals surface area (Å²) in [5.74, 6) is -0.787. The lowest BCUT2D eigenvalue weighted by Crippen LogP contribution is -2.50. The van der Waals surface area contributed by atoms with E-state index >= 15 is 0 Å². The Morgan fingerprint density at radius 3 is 2.67 bits per heavy atom. The zero-order chi connectivity index (χ0) is 11.6. The second kappa shape index (κ2) is 4.38. The number of carbonyl (C=O) groups is 1. The molecule has 0 aromatic carbocycles. The number of hydrogen-bond donors (Lipinski definition) is 2. The zero-order valence-electron chi connectivity index (χ0n) is 8.47. The van der Waals surface area contributed by atoms with Crippen LogP contribution in [-0.2, 0) is 4.79 Å². The summed E-state index contributed by atoms with van der Waals surface area (Å²) in [6.07, 6.45) is -1.97. The van der Waals surface area contributed by atoms with Crippen LogP contribution in [-0.4, -0.2) is 24.2 Å². The van der Waals surface area contributed by atoms with Crippen molar-refractivity contribution in [2.45, 2.75) is 44.4 Å². The minimum Gasteiger partial charge on any atom is -0.351 e. The van der Waals surface area contributed by atoms with E-state index in [2.05, 4.69) is 5.32 Å². The number of nitrogens with one attached hydrogen (secondary N) is 1. The second-order valence-corrected chi connectivity index (χ2v) is 3.92. The minimum atomic E-state index is -4.65. The third-order valence-corrected chi connectivity index (χ3v) is 2.54. The van der Waals surface area contributed by atoms with Crippen molar-refractivity contribution in [2.24, 2.45) is 11.7 Å². The molecular formula is C9H15F3N2O. The molecule has 1 rings (SSSR count). The van der Waals surface area contributed by atoms with Gasteiger partial charge in [0.1, 0.15) is 0 Å². The van der Waals surface area contributed by atoms with Crippen molar-refractivity contribution in [1.29, 1.82) is 0 Å². The number of carbonyl (C=O) groups excluding carboxylic acids is 1. The van der Waals surface area contributed by atoms with Crippen LogP contribution < -0.4 is 11.1 Å². The minimum absolute atomic E-state index is 0.106. The maximum Gasteiger partial charge on any atom is 0.412 e. The molecule has 0 saturated heterocycles. The maximum atomic E-state index is 12.0. The van der Waals surface area contributed by atoms with Crippen molar-refractivity contribution in [3.63, 3.8) is 0 Å². The average molecular weight is 224 g/mol. The zero-order valence-corrected chi connectivity index (χ0v) is 8.47. The molecule has 0 heterocycles. The van der Waals surface area contributed by atoms with Crippen molar-refractivity contribution in [3.05, 3.63) is 0 Å². The highest BCUT2D eigenvalue weighted by atomic mass is 19.4. The molecule has 0 radical (unpaired) electrons. The summed E-state index contributed by atoms with van der Waals surface area (Å²) >= 11 is 0. The molecule has 1 fully saturated rings. The molecule has 1 saturated carbocycles. The fourth-order valence-electron chi connectivity index (χ4n) is 1.54. The summed E-state index contributed by atoms with van der Waals surface area (Å²) in [5, 5.41) is 2.31. The molecule has 6 heteroatoms. The molecule has 3 nitrogen and oxygen atoms in total.